The van der Waals surface area contributed by atoms with E-state index in [2.05, 4.69) is 136 Å². The van der Waals surface area contributed by atoms with Crippen molar-refractivity contribution in [3.8, 4) is 0 Å². The Morgan fingerprint density at radius 3 is 1.72 bits per heavy atom. The molecule has 0 radical (unpaired) electrons. The van der Waals surface area contributed by atoms with Gasteiger partial charge in [-0.15, -0.1) is 0 Å². The zero-order valence-electron chi connectivity index (χ0n) is 28.9. The molecule has 0 aromatic heterocycles. The van der Waals surface area contributed by atoms with E-state index in [4.69, 9.17) is 0 Å². The zero-order chi connectivity index (χ0) is 33.1. The molecule has 250 valence electrons. The first kappa shape index (κ1) is 36.5. The Labute approximate surface area is 293 Å². The van der Waals surface area contributed by atoms with Gasteiger partial charge in [0.05, 0.1) is 0 Å². The second-order valence-corrected chi connectivity index (χ2v) is 14.7. The first-order valence-corrected chi connectivity index (χ1v) is 20.0. The molecule has 5 rings (SSSR count). The fourth-order valence-corrected chi connectivity index (χ4v) is 7.70. The van der Waals surface area contributed by atoms with Crippen molar-refractivity contribution in [2.75, 3.05) is 0 Å². The number of allylic oxidation sites excluding steroid dienone is 2. The predicted octanol–water partition coefficient (Wildman–Crippen LogP) is 12.8. The van der Waals surface area contributed by atoms with Crippen LogP contribution in [0.5, 0.6) is 0 Å². The van der Waals surface area contributed by atoms with Gasteiger partial charge in [0.15, 0.2) is 0 Å². The minimum atomic E-state index is 0.891. The number of unbranched alkanes of at least 4 members (excludes halogenated alkanes) is 4. The van der Waals surface area contributed by atoms with Crippen LogP contribution in [0.3, 0.4) is 0 Å². The molecule has 47 heavy (non-hydrogen) atoms. The van der Waals surface area contributed by atoms with Crippen LogP contribution in [-0.2, 0) is 43.7 Å². The Kier molecular flexibility index (Phi) is 16.1. The van der Waals surface area contributed by atoms with E-state index in [0.717, 1.165) is 72.6 Å². The van der Waals surface area contributed by atoms with Crippen molar-refractivity contribution in [1.29, 1.82) is 0 Å². The van der Waals surface area contributed by atoms with Crippen LogP contribution >= 0.6 is 0 Å². The predicted molar refractivity (Wildman–Crippen MR) is 198 cm³/mol. The molecule has 0 bridgehead atoms. The summed E-state index contributed by atoms with van der Waals surface area (Å²) in [5.74, 6) is 0. The SMILES string of the molecule is CCCCCCc1cccc(C2=CC(CCCC)=C(c3cccc(CC)c3)[N+]2=[N-])c1.c1ccc(C[CH2][Pd][CH2]Cc2ccccc2)cc1. The number of aryl methyl sites for hydroxylation is 4. The summed E-state index contributed by atoms with van der Waals surface area (Å²) >= 11 is 0.891. The third-order valence-corrected chi connectivity index (χ3v) is 10.5. The Balaban J connectivity index is 0.000000248. The quantitative estimate of drug-likeness (QED) is 0.0590. The molecule has 0 spiro atoms. The topological polar surface area (TPSA) is 25.3 Å². The van der Waals surface area contributed by atoms with E-state index in [1.165, 1.54) is 80.8 Å². The number of rotatable bonds is 17. The molecule has 3 heteroatoms. The van der Waals surface area contributed by atoms with E-state index in [9.17, 15) is 5.53 Å². The molecule has 4 aromatic carbocycles. The van der Waals surface area contributed by atoms with Crippen molar-refractivity contribution in [3.63, 3.8) is 0 Å². The van der Waals surface area contributed by atoms with Gasteiger partial charge >= 0.3 is 112 Å². The van der Waals surface area contributed by atoms with E-state index < -0.39 is 0 Å². The summed E-state index contributed by atoms with van der Waals surface area (Å²) in [6.07, 6.45) is 15.1. The van der Waals surface area contributed by atoms with Crippen LogP contribution in [0, 0.1) is 0 Å². The summed E-state index contributed by atoms with van der Waals surface area (Å²) in [6, 6.07) is 38.9. The normalized spacial score (nSPS) is 12.7. The molecule has 1 aliphatic heterocycles. The second kappa shape index (κ2) is 20.8. The molecule has 4 aromatic rings. The summed E-state index contributed by atoms with van der Waals surface area (Å²) < 4.78 is 1.43. The van der Waals surface area contributed by atoms with Gasteiger partial charge in [-0.3, -0.25) is 0 Å². The van der Waals surface area contributed by atoms with Gasteiger partial charge in [0.2, 0.25) is 11.4 Å². The molecular formula is C44H54N2Pd. The Morgan fingerprint density at radius 1 is 0.532 bits per heavy atom. The van der Waals surface area contributed by atoms with E-state index >= 15 is 0 Å². The van der Waals surface area contributed by atoms with Gasteiger partial charge in [-0.25, -0.2) is 4.70 Å². The Hall–Kier alpha value is -3.38. The molecule has 1 heterocycles. The third-order valence-electron chi connectivity index (χ3n) is 8.65. The van der Waals surface area contributed by atoms with Gasteiger partial charge in [0.1, 0.15) is 0 Å². The van der Waals surface area contributed by atoms with Crippen molar-refractivity contribution in [1.82, 2.24) is 0 Å². The average molecular weight is 717 g/mol. The van der Waals surface area contributed by atoms with Crippen LogP contribution in [0.15, 0.2) is 121 Å². The molecular weight excluding hydrogens is 663 g/mol. The summed E-state index contributed by atoms with van der Waals surface area (Å²) in [5.41, 5.74) is 22.1. The number of hydrogen-bond donors (Lipinski definition) is 0. The van der Waals surface area contributed by atoms with Gasteiger partial charge < -0.3 is 5.53 Å². The van der Waals surface area contributed by atoms with Crippen LogP contribution in [0.2, 0.25) is 9.79 Å². The molecule has 0 fully saturated rings. The molecule has 0 amide bonds. The van der Waals surface area contributed by atoms with E-state index in [1.54, 1.807) is 0 Å². The summed E-state index contributed by atoms with van der Waals surface area (Å²) in [7, 11) is 0. The van der Waals surface area contributed by atoms with Crippen LogP contribution in [0.25, 0.3) is 16.9 Å². The minimum absolute atomic E-state index is 0.891. The van der Waals surface area contributed by atoms with Crippen molar-refractivity contribution in [3.05, 3.63) is 160 Å². The van der Waals surface area contributed by atoms with Crippen LogP contribution in [-0.4, -0.2) is 4.70 Å². The molecule has 0 aliphatic carbocycles. The molecule has 0 unspecified atom stereocenters. The maximum absolute atomic E-state index is 11.2. The second-order valence-electron chi connectivity index (χ2n) is 12.3. The maximum atomic E-state index is 11.2. The Morgan fingerprint density at radius 2 is 1.11 bits per heavy atom. The first-order valence-electron chi connectivity index (χ1n) is 17.8. The molecule has 0 saturated heterocycles. The summed E-state index contributed by atoms with van der Waals surface area (Å²) in [5, 5.41) is 0. The standard InChI is InChI=1S/C28H36N2.2C8H9.Pd/c1-4-7-9-10-13-23-15-12-17-24(20-23)27-21-26(16-8-5-2)28(30(27)29)25-18-11-14-22(6-3)19-25;2*1-2-8-6-4-3-5-7-8;/h11-12,14-15,17-21H,4-10,13,16H2,1-3H3;2*3-7H,1-2H2;. The van der Waals surface area contributed by atoms with Crippen molar-refractivity contribution in [2.45, 2.75) is 101 Å². The van der Waals surface area contributed by atoms with Crippen molar-refractivity contribution in [2.24, 2.45) is 0 Å². The van der Waals surface area contributed by atoms with Crippen molar-refractivity contribution >= 4 is 11.4 Å². The zero-order valence-corrected chi connectivity index (χ0v) is 30.4. The molecule has 1 aliphatic rings. The van der Waals surface area contributed by atoms with Crippen molar-refractivity contribution < 1.29 is 22.7 Å². The van der Waals surface area contributed by atoms with Crippen LogP contribution < -0.4 is 0 Å². The molecule has 2 nitrogen and oxygen atoms in total. The van der Waals surface area contributed by atoms with Crippen LogP contribution in [0.4, 0.5) is 0 Å². The fourth-order valence-electron chi connectivity index (χ4n) is 5.87. The number of hydrogen-bond acceptors (Lipinski definition) is 0. The first-order chi connectivity index (χ1) is 23.1. The van der Waals surface area contributed by atoms with Gasteiger partial charge in [0.25, 0.3) is 0 Å². The fraction of sp³-hybridized carbons (Fsp3) is 0.364. The van der Waals surface area contributed by atoms with E-state index in [0.29, 0.717) is 0 Å². The number of nitrogens with zero attached hydrogens (tertiary/aromatic N) is 2. The monoisotopic (exact) mass is 716 g/mol. The molecule has 0 N–H and O–H groups in total. The summed E-state index contributed by atoms with van der Waals surface area (Å²) in [6.45, 7) is 6.64. The van der Waals surface area contributed by atoms with E-state index in [1.807, 2.05) is 0 Å². The Bertz CT molecular complexity index is 1530. The number of benzene rings is 4. The van der Waals surface area contributed by atoms with Gasteiger partial charge in [-0.1, -0.05) is 70.7 Å². The van der Waals surface area contributed by atoms with Crippen LogP contribution in [0.1, 0.15) is 99.1 Å². The van der Waals surface area contributed by atoms with Gasteiger partial charge in [-0.05, 0) is 67.5 Å². The van der Waals surface area contributed by atoms with Gasteiger partial charge in [-0.2, -0.15) is 0 Å². The van der Waals surface area contributed by atoms with E-state index in [-0.39, 0.29) is 0 Å². The molecule has 0 atom stereocenters. The average Bonchev–Trinajstić information content (AvgIpc) is 3.46. The van der Waals surface area contributed by atoms with Gasteiger partial charge in [0, 0.05) is 22.8 Å². The molecule has 0 saturated carbocycles. The summed E-state index contributed by atoms with van der Waals surface area (Å²) in [4.78, 5) is 2.70. The third kappa shape index (κ3) is 12.0.